The third-order valence-electron chi connectivity index (χ3n) is 5.65. The summed E-state index contributed by atoms with van der Waals surface area (Å²) in [6.45, 7) is 0. The maximum atomic E-state index is 13.8. The average Bonchev–Trinajstić information content (AvgIpc) is 3.31. The van der Waals surface area contributed by atoms with Crippen molar-refractivity contribution in [1.82, 2.24) is 4.40 Å². The first-order chi connectivity index (χ1) is 15.1. The fourth-order valence-corrected chi connectivity index (χ4v) is 4.30. The van der Waals surface area contributed by atoms with Crippen LogP contribution in [0.15, 0.2) is 60.8 Å². The van der Waals surface area contributed by atoms with Crippen molar-refractivity contribution in [2.75, 3.05) is 21.3 Å². The molecule has 4 aromatic rings. The number of methoxy groups -OCH3 is 3. The predicted octanol–water partition coefficient (Wildman–Crippen LogP) is 4.41. The number of hydrogen-bond acceptors (Lipinski definition) is 5. The van der Waals surface area contributed by atoms with Crippen LogP contribution in [-0.4, -0.2) is 37.3 Å². The summed E-state index contributed by atoms with van der Waals surface area (Å²) in [6.07, 6.45) is 1.87. The third kappa shape index (κ3) is 2.58. The molecule has 0 saturated carbocycles. The molecule has 0 bridgehead atoms. The van der Waals surface area contributed by atoms with Crippen LogP contribution in [0.2, 0.25) is 0 Å². The maximum Gasteiger partial charge on any atom is 0.203 e. The number of ether oxygens (including phenoxy) is 3. The van der Waals surface area contributed by atoms with Crippen LogP contribution in [0.1, 0.15) is 31.8 Å². The number of carbonyl (C=O) groups excluding carboxylic acids is 2. The molecule has 2 aromatic heterocycles. The molecular formula is C25H19NO5. The Morgan fingerprint density at radius 3 is 2.13 bits per heavy atom. The molecule has 154 valence electrons. The van der Waals surface area contributed by atoms with E-state index >= 15 is 0 Å². The molecule has 0 saturated heterocycles. The van der Waals surface area contributed by atoms with E-state index in [4.69, 9.17) is 14.2 Å². The van der Waals surface area contributed by atoms with Crippen molar-refractivity contribution in [1.29, 1.82) is 0 Å². The quantitative estimate of drug-likeness (QED) is 0.400. The Bertz CT molecular complexity index is 1360. The molecule has 0 N–H and O–H groups in total. The van der Waals surface area contributed by atoms with E-state index in [0.717, 1.165) is 11.3 Å². The molecule has 5 rings (SSSR count). The second-order valence-corrected chi connectivity index (χ2v) is 7.17. The molecule has 0 unspecified atom stereocenters. The SMILES string of the molecule is COc1cc(C(=O)c2c3c(n4ccccc24)-c2ccccc2C3=O)cc(OC)c1OC. The van der Waals surface area contributed by atoms with Gasteiger partial charge >= 0.3 is 0 Å². The molecule has 0 amide bonds. The van der Waals surface area contributed by atoms with Gasteiger partial charge in [0.1, 0.15) is 0 Å². The summed E-state index contributed by atoms with van der Waals surface area (Å²) >= 11 is 0. The highest BCUT2D eigenvalue weighted by Gasteiger charge is 2.36. The molecule has 0 radical (unpaired) electrons. The first-order valence-electron chi connectivity index (χ1n) is 9.72. The summed E-state index contributed by atoms with van der Waals surface area (Å²) < 4.78 is 18.1. The summed E-state index contributed by atoms with van der Waals surface area (Å²) in [4.78, 5) is 27.1. The van der Waals surface area contributed by atoms with Crippen LogP contribution in [0.25, 0.3) is 16.8 Å². The highest BCUT2D eigenvalue weighted by Crippen LogP contribution is 2.43. The Hall–Kier alpha value is -4.06. The van der Waals surface area contributed by atoms with Gasteiger partial charge in [-0.2, -0.15) is 0 Å². The molecule has 2 heterocycles. The van der Waals surface area contributed by atoms with E-state index in [-0.39, 0.29) is 11.6 Å². The second kappa shape index (κ2) is 7.02. The number of rotatable bonds is 5. The molecule has 0 atom stereocenters. The lowest BCUT2D eigenvalue weighted by atomic mass is 9.97. The Labute approximate surface area is 178 Å². The van der Waals surface area contributed by atoms with E-state index in [1.54, 1.807) is 18.2 Å². The topological polar surface area (TPSA) is 66.2 Å². The molecular weight excluding hydrogens is 394 g/mol. The van der Waals surface area contributed by atoms with Gasteiger partial charge in [-0.25, -0.2) is 0 Å². The van der Waals surface area contributed by atoms with Crippen LogP contribution >= 0.6 is 0 Å². The Morgan fingerprint density at radius 2 is 1.48 bits per heavy atom. The second-order valence-electron chi connectivity index (χ2n) is 7.17. The summed E-state index contributed by atoms with van der Waals surface area (Å²) in [5, 5.41) is 0. The van der Waals surface area contributed by atoms with Crippen LogP contribution in [0.5, 0.6) is 17.2 Å². The van der Waals surface area contributed by atoms with Crippen LogP contribution in [-0.2, 0) is 0 Å². The first-order valence-corrected chi connectivity index (χ1v) is 9.72. The van der Waals surface area contributed by atoms with E-state index in [1.165, 1.54) is 21.3 Å². The summed E-state index contributed by atoms with van der Waals surface area (Å²) in [5.74, 6) is 0.715. The lowest BCUT2D eigenvalue weighted by molar-refractivity contribution is 0.101. The number of aromatic nitrogens is 1. The number of pyridine rings is 1. The number of benzene rings is 2. The lowest BCUT2D eigenvalue weighted by Crippen LogP contribution is -2.08. The maximum absolute atomic E-state index is 13.8. The third-order valence-corrected chi connectivity index (χ3v) is 5.65. The fourth-order valence-electron chi connectivity index (χ4n) is 4.30. The largest absolute Gasteiger partial charge is 0.493 e. The molecule has 1 aliphatic carbocycles. The first kappa shape index (κ1) is 18.9. The Morgan fingerprint density at radius 1 is 0.839 bits per heavy atom. The van der Waals surface area contributed by atoms with Crippen molar-refractivity contribution in [2.45, 2.75) is 0 Å². The molecule has 0 fully saturated rings. The van der Waals surface area contributed by atoms with E-state index in [0.29, 0.717) is 45.0 Å². The van der Waals surface area contributed by atoms with Gasteiger partial charge in [0, 0.05) is 22.9 Å². The monoisotopic (exact) mass is 413 g/mol. The van der Waals surface area contributed by atoms with Crippen molar-refractivity contribution in [3.63, 3.8) is 0 Å². The van der Waals surface area contributed by atoms with Crippen molar-refractivity contribution in [2.24, 2.45) is 0 Å². The van der Waals surface area contributed by atoms with Crippen LogP contribution in [0.3, 0.4) is 0 Å². The molecule has 0 aliphatic heterocycles. The standard InChI is InChI=1S/C25H19NO5/c1-29-18-12-14(13-19(30-2)25(18)31-3)23(27)20-17-10-6-7-11-26(17)22-15-8-4-5-9-16(15)24(28)21(20)22/h4-13H,1-3H3. The number of ketones is 2. The van der Waals surface area contributed by atoms with Crippen LogP contribution in [0.4, 0.5) is 0 Å². The number of hydrogen-bond donors (Lipinski definition) is 0. The Balaban J connectivity index is 1.79. The predicted molar refractivity (Wildman–Crippen MR) is 116 cm³/mol. The molecule has 0 spiro atoms. The summed E-state index contributed by atoms with van der Waals surface area (Å²) in [7, 11) is 4.50. The molecule has 1 aliphatic rings. The minimum Gasteiger partial charge on any atom is -0.493 e. The van der Waals surface area contributed by atoms with Gasteiger partial charge in [0.15, 0.2) is 23.1 Å². The normalized spacial score (nSPS) is 11.9. The zero-order valence-corrected chi connectivity index (χ0v) is 17.3. The number of nitrogens with zero attached hydrogens (tertiary/aromatic N) is 1. The van der Waals surface area contributed by atoms with E-state index in [2.05, 4.69) is 0 Å². The van der Waals surface area contributed by atoms with Gasteiger partial charge in [-0.15, -0.1) is 0 Å². The van der Waals surface area contributed by atoms with E-state index in [9.17, 15) is 9.59 Å². The summed E-state index contributed by atoms with van der Waals surface area (Å²) in [5.41, 5.74) is 3.98. The van der Waals surface area contributed by atoms with Gasteiger partial charge in [-0.3, -0.25) is 9.59 Å². The highest BCUT2D eigenvalue weighted by atomic mass is 16.5. The van der Waals surface area contributed by atoms with Gasteiger partial charge in [0.05, 0.1) is 43.7 Å². The highest BCUT2D eigenvalue weighted by molar-refractivity contribution is 6.30. The zero-order valence-electron chi connectivity index (χ0n) is 17.3. The van der Waals surface area contributed by atoms with Gasteiger partial charge < -0.3 is 18.6 Å². The van der Waals surface area contributed by atoms with Crippen molar-refractivity contribution >= 4 is 17.1 Å². The van der Waals surface area contributed by atoms with Gasteiger partial charge in [-0.1, -0.05) is 30.3 Å². The molecule has 6 nitrogen and oxygen atoms in total. The zero-order chi connectivity index (χ0) is 21.7. The van der Waals surface area contributed by atoms with Crippen molar-refractivity contribution in [3.8, 4) is 28.5 Å². The lowest BCUT2D eigenvalue weighted by Gasteiger charge is -2.14. The minimum atomic E-state index is -0.287. The van der Waals surface area contributed by atoms with Crippen LogP contribution in [0, 0.1) is 0 Å². The molecule has 6 heteroatoms. The average molecular weight is 413 g/mol. The van der Waals surface area contributed by atoms with E-state index < -0.39 is 0 Å². The summed E-state index contributed by atoms with van der Waals surface area (Å²) in [6, 6.07) is 16.2. The molecule has 31 heavy (non-hydrogen) atoms. The van der Waals surface area contributed by atoms with Crippen LogP contribution < -0.4 is 14.2 Å². The Kier molecular flexibility index (Phi) is 4.29. The number of fused-ring (bicyclic) bond motifs is 5. The van der Waals surface area contributed by atoms with Gasteiger partial charge in [-0.05, 0) is 24.3 Å². The fraction of sp³-hybridized carbons (Fsp3) is 0.120. The molecule has 2 aromatic carbocycles. The van der Waals surface area contributed by atoms with Gasteiger partial charge in [0.2, 0.25) is 5.75 Å². The minimum absolute atomic E-state index is 0.148. The van der Waals surface area contributed by atoms with Crippen molar-refractivity contribution in [3.05, 3.63) is 83.0 Å². The number of carbonyl (C=O) groups is 2. The van der Waals surface area contributed by atoms with E-state index in [1.807, 2.05) is 47.0 Å². The van der Waals surface area contributed by atoms with Gasteiger partial charge in [0.25, 0.3) is 0 Å². The smallest absolute Gasteiger partial charge is 0.203 e. The van der Waals surface area contributed by atoms with Crippen molar-refractivity contribution < 1.29 is 23.8 Å².